The first-order chi connectivity index (χ1) is 11.9. The van der Waals surface area contributed by atoms with Crippen LogP contribution in [-0.2, 0) is 16.0 Å². The Morgan fingerprint density at radius 3 is 2.88 bits per heavy atom. The molecule has 0 aliphatic heterocycles. The van der Waals surface area contributed by atoms with Gasteiger partial charge in [0.25, 0.3) is 0 Å². The molecule has 0 spiro atoms. The summed E-state index contributed by atoms with van der Waals surface area (Å²) >= 11 is 5.71. The number of hydrogen-bond donors (Lipinski definition) is 0. The molecule has 0 amide bonds. The van der Waals surface area contributed by atoms with Crippen LogP contribution in [0, 0.1) is 23.2 Å². The molecule has 1 aromatic carbocycles. The summed E-state index contributed by atoms with van der Waals surface area (Å²) in [4.78, 5) is 24.3. The number of halogens is 1. The zero-order valence-electron chi connectivity index (χ0n) is 14.9. The minimum Gasteiger partial charge on any atom is -0.497 e. The SMILES string of the molecule is COc1ccc2c(c1)CC[C@H]1[C@@H]3[C@@H](CC(=O)Cl)CC(=O)[C@@]3(C)CC[C@H]21. The van der Waals surface area contributed by atoms with E-state index >= 15 is 0 Å². The third-order valence-corrected chi connectivity index (χ3v) is 7.35. The number of benzene rings is 1. The summed E-state index contributed by atoms with van der Waals surface area (Å²) in [5.41, 5.74) is 2.55. The number of hydrogen-bond acceptors (Lipinski definition) is 3. The number of aryl methyl sites for hydroxylation is 1. The molecule has 0 unspecified atom stereocenters. The topological polar surface area (TPSA) is 43.4 Å². The number of methoxy groups -OCH3 is 1. The molecule has 3 aliphatic rings. The third kappa shape index (κ3) is 2.63. The van der Waals surface area contributed by atoms with Crippen LogP contribution in [0.2, 0.25) is 0 Å². The van der Waals surface area contributed by atoms with Crippen molar-refractivity contribution in [2.45, 2.75) is 51.4 Å². The van der Waals surface area contributed by atoms with Gasteiger partial charge in [-0.25, -0.2) is 0 Å². The Kier molecular flexibility index (Phi) is 4.18. The summed E-state index contributed by atoms with van der Waals surface area (Å²) in [6.07, 6.45) is 4.96. The van der Waals surface area contributed by atoms with Gasteiger partial charge < -0.3 is 4.74 Å². The van der Waals surface area contributed by atoms with Crippen LogP contribution in [0.4, 0.5) is 0 Å². The number of Topliss-reactive ketones (excluding diaryl/α,β-unsaturated/α-hetero) is 1. The summed E-state index contributed by atoms with van der Waals surface area (Å²) in [5.74, 6) is 2.64. The quantitative estimate of drug-likeness (QED) is 0.745. The van der Waals surface area contributed by atoms with Crippen LogP contribution < -0.4 is 4.74 Å². The van der Waals surface area contributed by atoms with Gasteiger partial charge in [-0.15, -0.1) is 0 Å². The van der Waals surface area contributed by atoms with Crippen LogP contribution in [0.15, 0.2) is 18.2 Å². The number of ether oxygens (including phenoxy) is 1. The Labute approximate surface area is 154 Å². The van der Waals surface area contributed by atoms with E-state index in [0.717, 1.165) is 31.4 Å². The van der Waals surface area contributed by atoms with E-state index in [4.69, 9.17) is 16.3 Å². The van der Waals surface area contributed by atoms with Crippen molar-refractivity contribution in [1.29, 1.82) is 0 Å². The Bertz CT molecular complexity index is 728. The largest absolute Gasteiger partial charge is 0.497 e. The average molecular weight is 361 g/mol. The molecular weight excluding hydrogens is 336 g/mol. The number of rotatable bonds is 3. The van der Waals surface area contributed by atoms with Crippen molar-refractivity contribution in [3.63, 3.8) is 0 Å². The zero-order chi connectivity index (χ0) is 17.8. The van der Waals surface area contributed by atoms with Crippen LogP contribution in [-0.4, -0.2) is 18.1 Å². The lowest BCUT2D eigenvalue weighted by atomic mass is 9.54. The van der Waals surface area contributed by atoms with Crippen molar-refractivity contribution in [3.05, 3.63) is 29.3 Å². The van der Waals surface area contributed by atoms with Gasteiger partial charge in [0.2, 0.25) is 5.24 Å². The molecule has 2 saturated carbocycles. The third-order valence-electron chi connectivity index (χ3n) is 7.20. The first-order valence-corrected chi connectivity index (χ1v) is 9.70. The Balaban J connectivity index is 1.70. The van der Waals surface area contributed by atoms with Gasteiger partial charge in [0.1, 0.15) is 11.5 Å². The molecule has 0 heterocycles. The Hall–Kier alpha value is -1.35. The van der Waals surface area contributed by atoms with Crippen LogP contribution in [0.1, 0.15) is 56.1 Å². The second-order valence-corrected chi connectivity index (χ2v) is 8.72. The van der Waals surface area contributed by atoms with Gasteiger partial charge in [0, 0.05) is 18.3 Å². The molecule has 4 rings (SSSR count). The number of ketones is 1. The van der Waals surface area contributed by atoms with Crippen LogP contribution >= 0.6 is 11.6 Å². The maximum absolute atomic E-state index is 12.8. The normalized spacial score (nSPS) is 36.4. The molecule has 3 nitrogen and oxygen atoms in total. The smallest absolute Gasteiger partial charge is 0.221 e. The fourth-order valence-electron chi connectivity index (χ4n) is 6.13. The molecular formula is C21H25ClO3. The maximum Gasteiger partial charge on any atom is 0.221 e. The summed E-state index contributed by atoms with van der Waals surface area (Å²) in [6, 6.07) is 6.43. The summed E-state index contributed by atoms with van der Waals surface area (Å²) in [6.45, 7) is 2.14. The van der Waals surface area contributed by atoms with Crippen LogP contribution in [0.3, 0.4) is 0 Å². The highest BCUT2D eigenvalue weighted by Crippen LogP contribution is 2.62. The van der Waals surface area contributed by atoms with E-state index in [2.05, 4.69) is 25.1 Å². The van der Waals surface area contributed by atoms with Crippen molar-refractivity contribution in [1.82, 2.24) is 0 Å². The minimum absolute atomic E-state index is 0.120. The first-order valence-electron chi connectivity index (χ1n) is 9.32. The van der Waals surface area contributed by atoms with Crippen molar-refractivity contribution in [2.24, 2.45) is 23.2 Å². The van der Waals surface area contributed by atoms with Gasteiger partial charge in [-0.1, -0.05) is 13.0 Å². The first kappa shape index (κ1) is 17.1. The molecule has 0 aromatic heterocycles. The molecule has 1 aromatic rings. The van der Waals surface area contributed by atoms with E-state index < -0.39 is 0 Å². The van der Waals surface area contributed by atoms with E-state index in [9.17, 15) is 9.59 Å². The highest BCUT2D eigenvalue weighted by molar-refractivity contribution is 6.63. The molecule has 0 N–H and O–H groups in total. The van der Waals surface area contributed by atoms with E-state index in [1.807, 2.05) is 0 Å². The van der Waals surface area contributed by atoms with Gasteiger partial charge in [0.15, 0.2) is 0 Å². The number of carbonyl (C=O) groups is 2. The molecule has 4 heteroatoms. The molecule has 25 heavy (non-hydrogen) atoms. The molecule has 134 valence electrons. The molecule has 0 radical (unpaired) electrons. The predicted octanol–water partition coefficient (Wildman–Crippen LogP) is 4.50. The summed E-state index contributed by atoms with van der Waals surface area (Å²) in [5, 5.41) is -0.301. The fraction of sp³-hybridized carbons (Fsp3) is 0.619. The maximum atomic E-state index is 12.8. The van der Waals surface area contributed by atoms with Gasteiger partial charge in [-0.2, -0.15) is 0 Å². The standard InChI is InChI=1S/C21H25ClO3/c1-21-8-7-16-15-6-4-14(25-2)9-12(15)3-5-17(16)20(21)13(10-18(21)23)11-19(22)24/h4,6,9,13,16-17,20H,3,5,7-8,10-11H2,1-2H3/t13-,16-,17-,20+,21-/m1/s1. The lowest BCUT2D eigenvalue weighted by Crippen LogP contribution is -2.44. The van der Waals surface area contributed by atoms with Crippen molar-refractivity contribution in [2.75, 3.05) is 7.11 Å². The molecule has 0 bridgehead atoms. The van der Waals surface area contributed by atoms with Gasteiger partial charge in [-0.05, 0) is 84.2 Å². The van der Waals surface area contributed by atoms with E-state index in [-0.39, 0.29) is 22.5 Å². The monoisotopic (exact) mass is 360 g/mol. The number of carbonyl (C=O) groups excluding carboxylic acids is 2. The zero-order valence-corrected chi connectivity index (χ0v) is 15.6. The lowest BCUT2D eigenvalue weighted by molar-refractivity contribution is -0.129. The molecule has 5 atom stereocenters. The van der Waals surface area contributed by atoms with Crippen LogP contribution in [0.25, 0.3) is 0 Å². The highest BCUT2D eigenvalue weighted by atomic mass is 35.5. The average Bonchev–Trinajstić information content (AvgIpc) is 2.84. The van der Waals surface area contributed by atoms with Crippen molar-refractivity contribution in [3.8, 4) is 5.75 Å². The Morgan fingerprint density at radius 1 is 1.36 bits per heavy atom. The second kappa shape index (κ2) is 6.12. The molecule has 3 aliphatic carbocycles. The number of fused-ring (bicyclic) bond motifs is 5. The molecule has 2 fully saturated rings. The minimum atomic E-state index is -0.301. The second-order valence-electron chi connectivity index (χ2n) is 8.30. The van der Waals surface area contributed by atoms with Crippen molar-refractivity contribution < 1.29 is 14.3 Å². The fourth-order valence-corrected chi connectivity index (χ4v) is 6.33. The summed E-state index contributed by atoms with van der Waals surface area (Å²) in [7, 11) is 1.71. The van der Waals surface area contributed by atoms with Crippen molar-refractivity contribution >= 4 is 22.6 Å². The van der Waals surface area contributed by atoms with Gasteiger partial charge in [0.05, 0.1) is 7.11 Å². The van der Waals surface area contributed by atoms with E-state index in [1.54, 1.807) is 7.11 Å². The predicted molar refractivity (Wildman–Crippen MR) is 97.0 cm³/mol. The summed E-state index contributed by atoms with van der Waals surface area (Å²) < 4.78 is 5.38. The molecule has 0 saturated heterocycles. The van der Waals surface area contributed by atoms with E-state index in [1.165, 1.54) is 11.1 Å². The van der Waals surface area contributed by atoms with Crippen LogP contribution in [0.5, 0.6) is 5.75 Å². The van der Waals surface area contributed by atoms with Gasteiger partial charge >= 0.3 is 0 Å². The van der Waals surface area contributed by atoms with Gasteiger partial charge in [-0.3, -0.25) is 9.59 Å². The Morgan fingerprint density at radius 2 is 2.16 bits per heavy atom. The highest BCUT2D eigenvalue weighted by Gasteiger charge is 2.58. The lowest BCUT2D eigenvalue weighted by Gasteiger charge is -2.49. The van der Waals surface area contributed by atoms with E-state index in [0.29, 0.717) is 30.5 Å².